The fraction of sp³-hybridized carbons (Fsp3) is 0.0526. The molecule has 0 radical (unpaired) electrons. The smallest absolute Gasteiger partial charge is 0.308 e. The Morgan fingerprint density at radius 2 is 2.00 bits per heavy atom. The fourth-order valence-electron chi connectivity index (χ4n) is 2.53. The SMILES string of the molecule is CC(=O)Oc1ccc(/C=c2\sc3nc(-c4cccc(Cl)c4)nn3c2=O)cc1. The van der Waals surface area contributed by atoms with E-state index in [1.54, 1.807) is 42.5 Å². The van der Waals surface area contributed by atoms with Gasteiger partial charge in [0.05, 0.1) is 4.53 Å². The van der Waals surface area contributed by atoms with Gasteiger partial charge in [-0.15, -0.1) is 5.10 Å². The molecule has 2 aromatic heterocycles. The second-order valence-electron chi connectivity index (χ2n) is 5.72. The number of rotatable bonds is 3. The van der Waals surface area contributed by atoms with Gasteiger partial charge in [-0.05, 0) is 35.9 Å². The second kappa shape index (κ2) is 6.94. The molecule has 0 aliphatic rings. The molecule has 0 spiro atoms. The van der Waals surface area contributed by atoms with Gasteiger partial charge in [-0.1, -0.05) is 47.2 Å². The Bertz CT molecular complexity index is 1260. The largest absolute Gasteiger partial charge is 0.427 e. The summed E-state index contributed by atoms with van der Waals surface area (Å²) in [6.07, 6.45) is 1.75. The van der Waals surface area contributed by atoms with E-state index in [0.717, 1.165) is 11.1 Å². The molecule has 4 rings (SSSR count). The molecular formula is C19H12ClN3O3S. The standard InChI is InChI=1S/C19H12ClN3O3S/c1-11(24)26-15-7-5-12(6-8-15)9-16-18(25)23-19(27-16)21-17(22-23)13-3-2-4-14(20)10-13/h2-10H,1H3/b16-9-. The Hall–Kier alpha value is -3.03. The molecule has 0 fully saturated rings. The Morgan fingerprint density at radius 3 is 2.67 bits per heavy atom. The van der Waals surface area contributed by atoms with Crippen molar-refractivity contribution in [3.05, 3.63) is 74.0 Å². The molecule has 2 heterocycles. The van der Waals surface area contributed by atoms with Crippen LogP contribution in [0.4, 0.5) is 0 Å². The monoisotopic (exact) mass is 397 g/mol. The normalized spacial score (nSPS) is 11.9. The number of hydrogen-bond donors (Lipinski definition) is 0. The molecular weight excluding hydrogens is 386 g/mol. The van der Waals surface area contributed by atoms with Crippen LogP contribution in [0.5, 0.6) is 5.75 Å². The van der Waals surface area contributed by atoms with E-state index < -0.39 is 0 Å². The molecule has 0 amide bonds. The van der Waals surface area contributed by atoms with Crippen molar-refractivity contribution in [3.63, 3.8) is 0 Å². The quantitative estimate of drug-likeness (QED) is 0.392. The molecule has 0 aliphatic heterocycles. The van der Waals surface area contributed by atoms with Crippen LogP contribution in [0.25, 0.3) is 22.4 Å². The minimum Gasteiger partial charge on any atom is -0.427 e. The minimum atomic E-state index is -0.380. The van der Waals surface area contributed by atoms with Crippen molar-refractivity contribution in [2.45, 2.75) is 6.92 Å². The van der Waals surface area contributed by atoms with Crippen molar-refractivity contribution in [1.29, 1.82) is 0 Å². The highest BCUT2D eigenvalue weighted by Crippen LogP contribution is 2.20. The number of esters is 1. The van der Waals surface area contributed by atoms with Crippen molar-refractivity contribution < 1.29 is 9.53 Å². The van der Waals surface area contributed by atoms with Crippen LogP contribution in [0.2, 0.25) is 5.02 Å². The van der Waals surface area contributed by atoms with E-state index in [-0.39, 0.29) is 11.5 Å². The van der Waals surface area contributed by atoms with Gasteiger partial charge in [-0.3, -0.25) is 9.59 Å². The Kier molecular flexibility index (Phi) is 4.47. The summed E-state index contributed by atoms with van der Waals surface area (Å²) < 4.78 is 6.81. The fourth-order valence-corrected chi connectivity index (χ4v) is 3.63. The first kappa shape index (κ1) is 17.4. The lowest BCUT2D eigenvalue weighted by molar-refractivity contribution is -0.131. The Labute approximate surface area is 162 Å². The lowest BCUT2D eigenvalue weighted by Crippen LogP contribution is -2.23. The van der Waals surface area contributed by atoms with E-state index in [2.05, 4.69) is 10.1 Å². The predicted molar refractivity (Wildman–Crippen MR) is 104 cm³/mol. The summed E-state index contributed by atoms with van der Waals surface area (Å²) in [5.41, 5.74) is 1.33. The van der Waals surface area contributed by atoms with Crippen LogP contribution in [0.15, 0.2) is 53.3 Å². The number of aromatic nitrogens is 3. The van der Waals surface area contributed by atoms with Crippen LogP contribution < -0.4 is 14.8 Å². The summed E-state index contributed by atoms with van der Waals surface area (Å²) in [5.74, 6) is 0.531. The van der Waals surface area contributed by atoms with Crippen molar-refractivity contribution in [3.8, 4) is 17.1 Å². The van der Waals surface area contributed by atoms with Gasteiger partial charge in [0, 0.05) is 17.5 Å². The molecule has 6 nitrogen and oxygen atoms in total. The van der Waals surface area contributed by atoms with E-state index in [0.29, 0.717) is 26.1 Å². The third-order valence-electron chi connectivity index (χ3n) is 3.70. The Balaban J connectivity index is 1.70. The molecule has 0 N–H and O–H groups in total. The number of carbonyl (C=O) groups excluding carboxylic acids is 1. The van der Waals surface area contributed by atoms with Crippen LogP contribution in [-0.4, -0.2) is 20.6 Å². The van der Waals surface area contributed by atoms with E-state index in [9.17, 15) is 9.59 Å². The molecule has 0 saturated carbocycles. The summed E-state index contributed by atoms with van der Waals surface area (Å²) >= 11 is 7.26. The van der Waals surface area contributed by atoms with Crippen LogP contribution >= 0.6 is 22.9 Å². The maximum Gasteiger partial charge on any atom is 0.308 e. The van der Waals surface area contributed by atoms with Crippen molar-refractivity contribution in [2.75, 3.05) is 0 Å². The number of halogens is 1. The second-order valence-corrected chi connectivity index (χ2v) is 7.16. The zero-order valence-corrected chi connectivity index (χ0v) is 15.6. The third kappa shape index (κ3) is 3.60. The van der Waals surface area contributed by atoms with Gasteiger partial charge in [-0.2, -0.15) is 9.50 Å². The van der Waals surface area contributed by atoms with E-state index in [4.69, 9.17) is 16.3 Å². The molecule has 8 heteroatoms. The maximum atomic E-state index is 12.6. The van der Waals surface area contributed by atoms with E-state index >= 15 is 0 Å². The molecule has 27 heavy (non-hydrogen) atoms. The number of hydrogen-bond acceptors (Lipinski definition) is 6. The number of thiazole rings is 1. The number of benzene rings is 2. The van der Waals surface area contributed by atoms with Crippen LogP contribution in [0, 0.1) is 0 Å². The van der Waals surface area contributed by atoms with Crippen LogP contribution in [0.3, 0.4) is 0 Å². The topological polar surface area (TPSA) is 73.6 Å². The molecule has 134 valence electrons. The molecule has 4 aromatic rings. The first-order valence-corrected chi connectivity index (χ1v) is 9.15. The molecule has 0 atom stereocenters. The number of fused-ring (bicyclic) bond motifs is 1. The summed E-state index contributed by atoms with van der Waals surface area (Å²) in [4.78, 5) is 28.5. The predicted octanol–water partition coefficient (Wildman–Crippen LogP) is 2.94. The van der Waals surface area contributed by atoms with Gasteiger partial charge in [0.25, 0.3) is 5.56 Å². The first-order valence-electron chi connectivity index (χ1n) is 7.95. The highest BCUT2D eigenvalue weighted by molar-refractivity contribution is 7.15. The van der Waals surface area contributed by atoms with Gasteiger partial charge in [0.2, 0.25) is 4.96 Å². The highest BCUT2D eigenvalue weighted by atomic mass is 35.5. The molecule has 0 aliphatic carbocycles. The van der Waals surface area contributed by atoms with Gasteiger partial charge in [0.15, 0.2) is 5.82 Å². The first-order chi connectivity index (χ1) is 13.0. The summed E-state index contributed by atoms with van der Waals surface area (Å²) in [7, 11) is 0. The summed E-state index contributed by atoms with van der Waals surface area (Å²) in [5, 5.41) is 4.88. The van der Waals surface area contributed by atoms with Gasteiger partial charge in [-0.25, -0.2) is 0 Å². The van der Waals surface area contributed by atoms with Crippen molar-refractivity contribution in [2.24, 2.45) is 0 Å². The average Bonchev–Trinajstić information content (AvgIpc) is 3.16. The summed E-state index contributed by atoms with van der Waals surface area (Å²) in [6.45, 7) is 1.34. The van der Waals surface area contributed by atoms with E-state index in [1.165, 1.54) is 22.8 Å². The number of ether oxygens (including phenoxy) is 1. The third-order valence-corrected chi connectivity index (χ3v) is 4.90. The lowest BCUT2D eigenvalue weighted by atomic mass is 10.2. The molecule has 2 aromatic carbocycles. The van der Waals surface area contributed by atoms with E-state index in [1.807, 2.05) is 12.1 Å². The molecule has 0 unspecified atom stereocenters. The maximum absolute atomic E-state index is 12.6. The van der Waals surface area contributed by atoms with Gasteiger partial charge >= 0.3 is 5.97 Å². The molecule has 0 saturated heterocycles. The van der Waals surface area contributed by atoms with Crippen molar-refractivity contribution >= 4 is 39.9 Å². The zero-order valence-electron chi connectivity index (χ0n) is 14.0. The van der Waals surface area contributed by atoms with Gasteiger partial charge in [0.1, 0.15) is 5.75 Å². The van der Waals surface area contributed by atoms with Crippen LogP contribution in [-0.2, 0) is 4.79 Å². The Morgan fingerprint density at radius 1 is 1.22 bits per heavy atom. The molecule has 0 bridgehead atoms. The lowest BCUT2D eigenvalue weighted by Gasteiger charge is -2.00. The number of nitrogens with zero attached hydrogens (tertiary/aromatic N) is 3. The highest BCUT2D eigenvalue weighted by Gasteiger charge is 2.12. The minimum absolute atomic E-state index is 0.236. The average molecular weight is 398 g/mol. The summed E-state index contributed by atoms with van der Waals surface area (Å²) in [6, 6.07) is 14.1. The number of carbonyl (C=O) groups is 1. The van der Waals surface area contributed by atoms with Crippen LogP contribution in [0.1, 0.15) is 12.5 Å². The van der Waals surface area contributed by atoms with Crippen molar-refractivity contribution in [1.82, 2.24) is 14.6 Å². The van der Waals surface area contributed by atoms with Gasteiger partial charge < -0.3 is 4.74 Å². The zero-order chi connectivity index (χ0) is 19.0.